The summed E-state index contributed by atoms with van der Waals surface area (Å²) >= 11 is 4.19. The minimum absolute atomic E-state index is 0.0226. The van der Waals surface area contributed by atoms with E-state index in [9.17, 15) is 10.2 Å². The molecule has 0 bridgehead atoms. The Bertz CT molecular complexity index is 468. The number of ether oxygens (including phenoxy) is 2. The van der Waals surface area contributed by atoms with Gasteiger partial charge in [-0.3, -0.25) is 0 Å². The Morgan fingerprint density at radius 2 is 1.52 bits per heavy atom. The zero-order valence-corrected chi connectivity index (χ0v) is 15.7. The Morgan fingerprint density at radius 3 is 2.05 bits per heavy atom. The highest BCUT2D eigenvalue weighted by molar-refractivity contribution is 14.1. The highest BCUT2D eigenvalue weighted by atomic mass is 127. The van der Waals surface area contributed by atoms with Gasteiger partial charge in [-0.1, -0.05) is 0 Å². The molecule has 0 amide bonds. The van der Waals surface area contributed by atoms with Crippen molar-refractivity contribution in [1.82, 2.24) is 0 Å². The van der Waals surface area contributed by atoms with E-state index in [1.165, 1.54) is 0 Å². The summed E-state index contributed by atoms with van der Waals surface area (Å²) in [6.45, 7) is 1.11. The fraction of sp³-hybridized carbons (Fsp3) is 0.538. The fourth-order valence-corrected chi connectivity index (χ4v) is 3.25. The van der Waals surface area contributed by atoms with Crippen LogP contribution in [0, 0.1) is 14.1 Å². The van der Waals surface area contributed by atoms with Crippen LogP contribution in [0.2, 0.25) is 0 Å². The maximum Gasteiger partial charge on any atom is 0.150 e. The van der Waals surface area contributed by atoms with Crippen molar-refractivity contribution >= 4 is 45.2 Å². The van der Waals surface area contributed by atoms with E-state index in [1.54, 1.807) is 0 Å². The van der Waals surface area contributed by atoms with Gasteiger partial charge in [0.2, 0.25) is 0 Å². The van der Waals surface area contributed by atoms with Gasteiger partial charge in [0, 0.05) is 0 Å². The standard InChI is InChI=1S/C13H18I2O6/c1-7-2-10(20-5-8(18)3-16)12(15)13(11(7)14)21-6-9(19)4-17/h2,8-9,16-19H,3-6H2,1H3. The fourth-order valence-electron chi connectivity index (χ4n) is 1.41. The zero-order valence-electron chi connectivity index (χ0n) is 11.4. The van der Waals surface area contributed by atoms with Gasteiger partial charge in [0.05, 0.1) is 20.4 Å². The number of rotatable bonds is 8. The minimum Gasteiger partial charge on any atom is -0.490 e. The molecule has 0 aliphatic rings. The van der Waals surface area contributed by atoms with E-state index in [4.69, 9.17) is 19.7 Å². The quantitative estimate of drug-likeness (QED) is 0.374. The molecule has 0 radical (unpaired) electrons. The Balaban J connectivity index is 2.93. The third kappa shape index (κ3) is 5.67. The molecular formula is C13H18I2O6. The first-order chi connectivity index (χ1) is 9.90. The lowest BCUT2D eigenvalue weighted by molar-refractivity contribution is 0.0504. The van der Waals surface area contributed by atoms with Gasteiger partial charge in [0.25, 0.3) is 0 Å². The molecule has 0 saturated heterocycles. The van der Waals surface area contributed by atoms with Gasteiger partial charge in [-0.25, -0.2) is 0 Å². The van der Waals surface area contributed by atoms with E-state index in [-0.39, 0.29) is 26.4 Å². The summed E-state index contributed by atoms with van der Waals surface area (Å²) in [6, 6.07) is 1.82. The van der Waals surface area contributed by atoms with Gasteiger partial charge < -0.3 is 29.9 Å². The molecule has 4 N–H and O–H groups in total. The van der Waals surface area contributed by atoms with E-state index in [1.807, 2.05) is 13.0 Å². The summed E-state index contributed by atoms with van der Waals surface area (Å²) in [4.78, 5) is 0. The second kappa shape index (κ2) is 9.30. The lowest BCUT2D eigenvalue weighted by Gasteiger charge is -2.18. The average Bonchev–Trinajstić information content (AvgIpc) is 2.48. The van der Waals surface area contributed by atoms with Crippen LogP contribution < -0.4 is 9.47 Å². The van der Waals surface area contributed by atoms with Gasteiger partial charge in [-0.05, 0) is 63.7 Å². The topological polar surface area (TPSA) is 99.4 Å². The molecule has 1 rings (SSSR count). The number of benzene rings is 1. The molecule has 0 saturated carbocycles. The van der Waals surface area contributed by atoms with Crippen molar-refractivity contribution in [2.24, 2.45) is 0 Å². The molecule has 0 heterocycles. The van der Waals surface area contributed by atoms with E-state index in [0.717, 1.165) is 9.13 Å². The first-order valence-corrected chi connectivity index (χ1v) is 8.38. The summed E-state index contributed by atoms with van der Waals surface area (Å²) in [6.07, 6.45) is -1.89. The molecular weight excluding hydrogens is 506 g/mol. The summed E-state index contributed by atoms with van der Waals surface area (Å²) in [5.41, 5.74) is 0.929. The van der Waals surface area contributed by atoms with Crippen LogP contribution in [-0.4, -0.2) is 59.1 Å². The van der Waals surface area contributed by atoms with E-state index in [0.29, 0.717) is 15.1 Å². The largest absolute Gasteiger partial charge is 0.490 e. The number of hydrogen-bond acceptors (Lipinski definition) is 6. The molecule has 1 aromatic carbocycles. The number of aliphatic hydroxyl groups excluding tert-OH is 4. The molecule has 2 unspecified atom stereocenters. The predicted octanol–water partition coefficient (Wildman–Crippen LogP) is 0.668. The second-order valence-electron chi connectivity index (χ2n) is 4.44. The Morgan fingerprint density at radius 1 is 1.00 bits per heavy atom. The highest BCUT2D eigenvalue weighted by Crippen LogP contribution is 2.37. The van der Waals surface area contributed by atoms with Crippen molar-refractivity contribution in [3.05, 3.63) is 18.8 Å². The zero-order chi connectivity index (χ0) is 16.0. The van der Waals surface area contributed by atoms with Gasteiger partial charge in [0.1, 0.15) is 36.9 Å². The van der Waals surface area contributed by atoms with Gasteiger partial charge in [0.15, 0.2) is 0 Å². The molecule has 120 valence electrons. The predicted molar refractivity (Wildman–Crippen MR) is 93.8 cm³/mol. The van der Waals surface area contributed by atoms with Crippen molar-refractivity contribution in [3.8, 4) is 11.5 Å². The first kappa shape index (κ1) is 19.2. The monoisotopic (exact) mass is 524 g/mol. The summed E-state index contributed by atoms with van der Waals surface area (Å²) in [5.74, 6) is 1.10. The molecule has 0 aromatic heterocycles. The first-order valence-electron chi connectivity index (χ1n) is 6.22. The molecule has 21 heavy (non-hydrogen) atoms. The smallest absolute Gasteiger partial charge is 0.150 e. The van der Waals surface area contributed by atoms with Gasteiger partial charge in [-0.2, -0.15) is 0 Å². The number of halogens is 2. The lowest BCUT2D eigenvalue weighted by Crippen LogP contribution is -2.23. The van der Waals surface area contributed by atoms with Crippen LogP contribution in [-0.2, 0) is 0 Å². The molecule has 0 fully saturated rings. The molecule has 2 atom stereocenters. The van der Waals surface area contributed by atoms with Crippen molar-refractivity contribution in [2.45, 2.75) is 19.1 Å². The number of hydrogen-bond donors (Lipinski definition) is 4. The minimum atomic E-state index is -0.947. The molecule has 8 heteroatoms. The van der Waals surface area contributed by atoms with Gasteiger partial charge >= 0.3 is 0 Å². The van der Waals surface area contributed by atoms with Crippen molar-refractivity contribution in [3.63, 3.8) is 0 Å². The Hall–Kier alpha value is 0.120. The maximum atomic E-state index is 9.38. The molecule has 0 aliphatic carbocycles. The van der Waals surface area contributed by atoms with Gasteiger partial charge in [-0.15, -0.1) is 0 Å². The Kier molecular flexibility index (Phi) is 8.49. The highest BCUT2D eigenvalue weighted by Gasteiger charge is 2.17. The number of aryl methyl sites for hydroxylation is 1. The van der Waals surface area contributed by atoms with E-state index >= 15 is 0 Å². The third-order valence-corrected chi connectivity index (χ3v) is 4.94. The van der Waals surface area contributed by atoms with Crippen LogP contribution in [0.15, 0.2) is 6.07 Å². The Labute approximate surface area is 150 Å². The van der Waals surface area contributed by atoms with E-state index < -0.39 is 12.2 Å². The maximum absolute atomic E-state index is 9.38. The molecule has 1 aromatic rings. The molecule has 6 nitrogen and oxygen atoms in total. The summed E-state index contributed by atoms with van der Waals surface area (Å²) < 4.78 is 12.6. The van der Waals surface area contributed by atoms with Crippen molar-refractivity contribution in [2.75, 3.05) is 26.4 Å². The summed E-state index contributed by atoms with van der Waals surface area (Å²) in [5, 5.41) is 36.3. The van der Waals surface area contributed by atoms with Crippen LogP contribution >= 0.6 is 45.2 Å². The average molecular weight is 524 g/mol. The van der Waals surface area contributed by atoms with Crippen LogP contribution in [0.3, 0.4) is 0 Å². The van der Waals surface area contributed by atoms with Crippen molar-refractivity contribution in [1.29, 1.82) is 0 Å². The molecule has 0 spiro atoms. The normalized spacial score (nSPS) is 13.9. The SMILES string of the molecule is Cc1cc(OCC(O)CO)c(I)c(OCC(O)CO)c1I. The van der Waals surface area contributed by atoms with E-state index in [2.05, 4.69) is 45.2 Å². The van der Waals surface area contributed by atoms with Crippen LogP contribution in [0.25, 0.3) is 0 Å². The van der Waals surface area contributed by atoms with Crippen LogP contribution in [0.1, 0.15) is 5.56 Å². The third-order valence-electron chi connectivity index (χ3n) is 2.58. The van der Waals surface area contributed by atoms with Crippen molar-refractivity contribution < 1.29 is 29.9 Å². The van der Waals surface area contributed by atoms with Crippen LogP contribution in [0.4, 0.5) is 0 Å². The second-order valence-corrected chi connectivity index (χ2v) is 6.60. The van der Waals surface area contributed by atoms with Crippen LogP contribution in [0.5, 0.6) is 11.5 Å². The summed E-state index contributed by atoms with van der Waals surface area (Å²) in [7, 11) is 0. The number of aliphatic hydroxyl groups is 4. The molecule has 0 aliphatic heterocycles. The lowest BCUT2D eigenvalue weighted by atomic mass is 10.2.